The summed E-state index contributed by atoms with van der Waals surface area (Å²) in [5.41, 5.74) is 1.64. The van der Waals surface area contributed by atoms with E-state index in [1.54, 1.807) is 25.1 Å². The molecule has 0 saturated carbocycles. The van der Waals surface area contributed by atoms with Crippen LogP contribution in [-0.4, -0.2) is 25.7 Å². The molecule has 0 aliphatic rings. The van der Waals surface area contributed by atoms with Crippen molar-refractivity contribution in [3.63, 3.8) is 0 Å². The molecule has 0 heterocycles. The van der Waals surface area contributed by atoms with Crippen molar-refractivity contribution >= 4 is 5.91 Å². The summed E-state index contributed by atoms with van der Waals surface area (Å²) < 4.78 is 10.9. The van der Waals surface area contributed by atoms with Crippen LogP contribution in [-0.2, 0) is 4.79 Å². The number of rotatable bonds is 7. The Kier molecular flexibility index (Phi) is 6.41. The van der Waals surface area contributed by atoms with Crippen molar-refractivity contribution < 1.29 is 14.3 Å². The monoisotopic (exact) mass is 338 g/mol. The summed E-state index contributed by atoms with van der Waals surface area (Å²) in [5.74, 6) is 0.868. The lowest BCUT2D eigenvalue weighted by Gasteiger charge is -2.18. The van der Waals surface area contributed by atoms with E-state index < -0.39 is 6.10 Å². The molecule has 130 valence electrons. The van der Waals surface area contributed by atoms with Crippen LogP contribution in [0.5, 0.6) is 11.5 Å². The number of nitriles is 1. The van der Waals surface area contributed by atoms with Gasteiger partial charge in [-0.15, -0.1) is 0 Å². The van der Waals surface area contributed by atoms with E-state index in [0.717, 1.165) is 0 Å². The van der Waals surface area contributed by atoms with Gasteiger partial charge in [-0.3, -0.25) is 4.79 Å². The van der Waals surface area contributed by atoms with Crippen LogP contribution >= 0.6 is 0 Å². The first kappa shape index (κ1) is 18.3. The Morgan fingerprint density at radius 1 is 1.16 bits per heavy atom. The summed E-state index contributed by atoms with van der Waals surface area (Å²) >= 11 is 0. The molecule has 0 unspecified atom stereocenters. The third kappa shape index (κ3) is 4.98. The number of benzene rings is 2. The van der Waals surface area contributed by atoms with Crippen molar-refractivity contribution in [1.82, 2.24) is 5.32 Å². The maximum absolute atomic E-state index is 12.3. The summed E-state index contributed by atoms with van der Waals surface area (Å²) in [6, 6.07) is 16.9. The summed E-state index contributed by atoms with van der Waals surface area (Å²) in [5, 5.41) is 11.8. The molecule has 0 bridgehead atoms. The van der Waals surface area contributed by atoms with Gasteiger partial charge in [-0.05, 0) is 30.5 Å². The van der Waals surface area contributed by atoms with E-state index in [9.17, 15) is 4.79 Å². The van der Waals surface area contributed by atoms with Gasteiger partial charge in [-0.1, -0.05) is 37.3 Å². The SMILES string of the molecule is COc1cc(C#N)ccc1O[C@H](C)C(=O)NC[C@H](C)c1ccccc1. The average molecular weight is 338 g/mol. The Bertz CT molecular complexity index is 753. The number of hydrogen-bond donors (Lipinski definition) is 1. The van der Waals surface area contributed by atoms with Gasteiger partial charge in [0.25, 0.3) is 5.91 Å². The first-order valence-electron chi connectivity index (χ1n) is 8.12. The topological polar surface area (TPSA) is 71.3 Å². The molecule has 2 aromatic carbocycles. The maximum Gasteiger partial charge on any atom is 0.260 e. The molecule has 5 heteroatoms. The molecule has 5 nitrogen and oxygen atoms in total. The molecule has 2 aromatic rings. The van der Waals surface area contributed by atoms with Gasteiger partial charge in [0.1, 0.15) is 0 Å². The zero-order valence-corrected chi connectivity index (χ0v) is 14.7. The highest BCUT2D eigenvalue weighted by atomic mass is 16.5. The number of hydrogen-bond acceptors (Lipinski definition) is 4. The lowest BCUT2D eigenvalue weighted by molar-refractivity contribution is -0.127. The Morgan fingerprint density at radius 3 is 2.52 bits per heavy atom. The first-order valence-corrected chi connectivity index (χ1v) is 8.12. The number of amides is 1. The highest BCUT2D eigenvalue weighted by molar-refractivity contribution is 5.80. The summed E-state index contributed by atoms with van der Waals surface area (Å²) in [6.45, 7) is 4.27. The number of methoxy groups -OCH3 is 1. The van der Waals surface area contributed by atoms with Crippen molar-refractivity contribution in [3.8, 4) is 17.6 Å². The molecular formula is C20H22N2O3. The Labute approximate surface area is 148 Å². The van der Waals surface area contributed by atoms with Crippen LogP contribution in [0.25, 0.3) is 0 Å². The second-order valence-electron chi connectivity index (χ2n) is 5.79. The molecule has 0 aliphatic heterocycles. The third-order valence-electron chi connectivity index (χ3n) is 3.92. The minimum atomic E-state index is -0.676. The summed E-state index contributed by atoms with van der Waals surface area (Å²) in [6.07, 6.45) is -0.676. The molecule has 0 spiro atoms. The van der Waals surface area contributed by atoms with Crippen LogP contribution in [0.2, 0.25) is 0 Å². The number of carbonyl (C=O) groups is 1. The zero-order valence-electron chi connectivity index (χ0n) is 14.7. The van der Waals surface area contributed by atoms with Gasteiger partial charge >= 0.3 is 0 Å². The molecule has 0 saturated heterocycles. The fourth-order valence-electron chi connectivity index (χ4n) is 2.38. The standard InChI is InChI=1S/C20H22N2O3/c1-14(17-7-5-4-6-8-17)13-22-20(23)15(2)25-18-10-9-16(12-21)11-19(18)24-3/h4-11,14-15H,13H2,1-3H3,(H,22,23)/t14-,15+/m0/s1. The molecule has 0 aliphatic carbocycles. The summed E-state index contributed by atoms with van der Waals surface area (Å²) in [4.78, 5) is 12.3. The highest BCUT2D eigenvalue weighted by Gasteiger charge is 2.18. The first-order chi connectivity index (χ1) is 12.0. The molecule has 2 rings (SSSR count). The molecule has 1 N–H and O–H groups in total. The van der Waals surface area contributed by atoms with Crippen LogP contribution in [0, 0.1) is 11.3 Å². The smallest absolute Gasteiger partial charge is 0.260 e. The second-order valence-corrected chi connectivity index (χ2v) is 5.79. The normalized spacial score (nSPS) is 12.6. The predicted molar refractivity (Wildman–Crippen MR) is 95.7 cm³/mol. The molecule has 25 heavy (non-hydrogen) atoms. The molecule has 2 atom stereocenters. The Morgan fingerprint density at radius 2 is 1.88 bits per heavy atom. The number of nitrogens with zero attached hydrogens (tertiary/aromatic N) is 1. The highest BCUT2D eigenvalue weighted by Crippen LogP contribution is 2.28. The van der Waals surface area contributed by atoms with Crippen LogP contribution in [0.3, 0.4) is 0 Å². The van der Waals surface area contributed by atoms with Crippen molar-refractivity contribution in [1.29, 1.82) is 5.26 Å². The van der Waals surface area contributed by atoms with Crippen LogP contribution in [0.1, 0.15) is 30.9 Å². The summed E-state index contributed by atoms with van der Waals surface area (Å²) in [7, 11) is 1.50. The van der Waals surface area contributed by atoms with E-state index in [-0.39, 0.29) is 11.8 Å². The second kappa shape index (κ2) is 8.74. The van der Waals surface area contributed by atoms with Gasteiger partial charge in [0.15, 0.2) is 17.6 Å². The van der Waals surface area contributed by atoms with E-state index >= 15 is 0 Å². The maximum atomic E-state index is 12.3. The zero-order chi connectivity index (χ0) is 18.2. The van der Waals surface area contributed by atoms with E-state index in [4.69, 9.17) is 14.7 Å². The van der Waals surface area contributed by atoms with Gasteiger partial charge in [0.05, 0.1) is 18.7 Å². The fourth-order valence-corrected chi connectivity index (χ4v) is 2.38. The predicted octanol–water partition coefficient (Wildman–Crippen LogP) is 3.25. The van der Waals surface area contributed by atoms with Crippen molar-refractivity contribution in [3.05, 3.63) is 59.7 Å². The molecule has 0 radical (unpaired) electrons. The fraction of sp³-hybridized carbons (Fsp3) is 0.300. The van der Waals surface area contributed by atoms with E-state index in [2.05, 4.69) is 12.2 Å². The van der Waals surface area contributed by atoms with Crippen molar-refractivity contribution in [2.24, 2.45) is 0 Å². The Hall–Kier alpha value is -3.00. The molecule has 0 fully saturated rings. The third-order valence-corrected chi connectivity index (χ3v) is 3.92. The van der Waals surface area contributed by atoms with Crippen molar-refractivity contribution in [2.45, 2.75) is 25.9 Å². The average Bonchev–Trinajstić information content (AvgIpc) is 2.66. The van der Waals surface area contributed by atoms with Gasteiger partial charge in [0, 0.05) is 12.6 Å². The van der Waals surface area contributed by atoms with Crippen LogP contribution in [0.15, 0.2) is 48.5 Å². The van der Waals surface area contributed by atoms with Crippen LogP contribution in [0.4, 0.5) is 0 Å². The van der Waals surface area contributed by atoms with Crippen molar-refractivity contribution in [2.75, 3.05) is 13.7 Å². The van der Waals surface area contributed by atoms with Gasteiger partial charge in [-0.2, -0.15) is 5.26 Å². The molecule has 0 aromatic heterocycles. The lowest BCUT2D eigenvalue weighted by Crippen LogP contribution is -2.38. The van der Waals surface area contributed by atoms with E-state index in [0.29, 0.717) is 23.6 Å². The molecular weight excluding hydrogens is 316 g/mol. The van der Waals surface area contributed by atoms with Crippen LogP contribution < -0.4 is 14.8 Å². The number of nitrogens with one attached hydrogen (secondary N) is 1. The number of ether oxygens (including phenoxy) is 2. The van der Waals surface area contributed by atoms with E-state index in [1.807, 2.05) is 36.4 Å². The largest absolute Gasteiger partial charge is 0.493 e. The van der Waals surface area contributed by atoms with Gasteiger partial charge in [0.2, 0.25) is 0 Å². The van der Waals surface area contributed by atoms with Gasteiger partial charge < -0.3 is 14.8 Å². The Balaban J connectivity index is 1.93. The molecule has 1 amide bonds. The van der Waals surface area contributed by atoms with Gasteiger partial charge in [-0.25, -0.2) is 0 Å². The van der Waals surface area contributed by atoms with E-state index in [1.165, 1.54) is 12.7 Å². The number of carbonyl (C=O) groups excluding carboxylic acids is 1. The lowest BCUT2D eigenvalue weighted by atomic mass is 10.0. The minimum absolute atomic E-state index is 0.200. The minimum Gasteiger partial charge on any atom is -0.493 e. The quantitative estimate of drug-likeness (QED) is 0.841.